The van der Waals surface area contributed by atoms with E-state index >= 15 is 0 Å². The van der Waals surface area contributed by atoms with E-state index in [9.17, 15) is 13.2 Å². The van der Waals surface area contributed by atoms with Gasteiger partial charge in [0.25, 0.3) is 0 Å². The molecule has 0 amide bonds. The van der Waals surface area contributed by atoms with E-state index in [4.69, 9.17) is 28.8 Å². The molecule has 5 rings (SSSR count). The van der Waals surface area contributed by atoms with E-state index in [-0.39, 0.29) is 37.6 Å². The number of hydrogen-bond donors (Lipinski definition) is 0. The van der Waals surface area contributed by atoms with Gasteiger partial charge >= 0.3 is 6.18 Å². The molecular weight excluding hydrogens is 433 g/mol. The third-order valence-electron chi connectivity index (χ3n) is 6.47. The Morgan fingerprint density at radius 3 is 2.47 bits per heavy atom. The Hall–Kier alpha value is -1.82. The Balaban J connectivity index is 0.000000318. The van der Waals surface area contributed by atoms with Gasteiger partial charge in [-0.1, -0.05) is 7.43 Å². The van der Waals surface area contributed by atoms with Gasteiger partial charge in [0, 0.05) is 26.2 Å². The van der Waals surface area contributed by atoms with Gasteiger partial charge in [0.2, 0.25) is 5.69 Å². The molecule has 3 fully saturated rings. The number of aliphatic carboxylic acids is 1. The van der Waals surface area contributed by atoms with Crippen molar-refractivity contribution < 1.29 is 46.6 Å². The molecule has 0 aromatic carbocycles. The maximum atomic E-state index is 10.5. The van der Waals surface area contributed by atoms with Gasteiger partial charge in [-0.05, 0) is 13.8 Å². The lowest BCUT2D eigenvalue weighted by atomic mass is 9.68. The fourth-order valence-electron chi connectivity index (χ4n) is 5.12. The molecular formula is C21H29F3N2O6. The Morgan fingerprint density at radius 1 is 1.19 bits per heavy atom. The van der Waals surface area contributed by atoms with Gasteiger partial charge in [0.05, 0.1) is 31.0 Å². The third-order valence-corrected chi connectivity index (χ3v) is 6.47. The van der Waals surface area contributed by atoms with Crippen molar-refractivity contribution in [1.29, 1.82) is 0 Å². The molecule has 3 saturated heterocycles. The molecule has 0 saturated carbocycles. The molecule has 0 aliphatic carbocycles. The normalized spacial score (nSPS) is 35.7. The van der Waals surface area contributed by atoms with E-state index in [2.05, 4.69) is 29.6 Å². The van der Waals surface area contributed by atoms with Gasteiger partial charge in [-0.15, -0.1) is 0 Å². The molecule has 1 aromatic rings. The van der Waals surface area contributed by atoms with Crippen LogP contribution in [0.3, 0.4) is 0 Å². The fraction of sp³-hybridized carbons (Fsp3) is 0.762. The van der Waals surface area contributed by atoms with Gasteiger partial charge < -0.3 is 28.8 Å². The molecule has 32 heavy (non-hydrogen) atoms. The first-order valence-corrected chi connectivity index (χ1v) is 10.1. The number of halogens is 3. The number of nitrogens with zero attached hydrogens (tertiary/aromatic N) is 2. The molecule has 0 radical (unpaired) electrons. The quantitative estimate of drug-likeness (QED) is 0.533. The lowest BCUT2D eigenvalue weighted by molar-refractivity contribution is -0.782. The van der Waals surface area contributed by atoms with E-state index in [1.807, 2.05) is 26.2 Å². The van der Waals surface area contributed by atoms with Crippen LogP contribution < -0.4 is 9.67 Å². The average molecular weight is 462 g/mol. The van der Waals surface area contributed by atoms with Gasteiger partial charge in [-0.25, -0.2) is 0 Å². The first-order valence-electron chi connectivity index (χ1n) is 10.1. The summed E-state index contributed by atoms with van der Waals surface area (Å²) in [6, 6.07) is 0. The van der Waals surface area contributed by atoms with E-state index in [1.165, 1.54) is 5.69 Å². The van der Waals surface area contributed by atoms with Crippen molar-refractivity contribution >= 4 is 5.97 Å². The van der Waals surface area contributed by atoms with Crippen LogP contribution in [0.25, 0.3) is 0 Å². The summed E-state index contributed by atoms with van der Waals surface area (Å²) in [6.45, 7) is 9.14. The molecule has 4 aliphatic rings. The molecule has 0 N–H and O–H groups in total. The number of ether oxygens (including phenoxy) is 4. The predicted octanol–water partition coefficient (Wildman–Crippen LogP) is 1.10. The molecule has 4 aliphatic heterocycles. The number of hydrogen-bond acceptors (Lipinski definition) is 7. The molecule has 0 unspecified atom stereocenters. The third kappa shape index (κ3) is 4.23. The highest BCUT2D eigenvalue weighted by Gasteiger charge is 2.63. The van der Waals surface area contributed by atoms with Gasteiger partial charge in [-0.2, -0.15) is 17.7 Å². The minimum Gasteiger partial charge on any atom is -0.542 e. The highest BCUT2D eigenvalue weighted by atomic mass is 19.4. The van der Waals surface area contributed by atoms with Crippen molar-refractivity contribution in [3.63, 3.8) is 0 Å². The number of rotatable bonds is 0. The van der Waals surface area contributed by atoms with Crippen LogP contribution in [-0.2, 0) is 35.7 Å². The number of carbonyl (C=O) groups is 1. The zero-order valence-corrected chi connectivity index (χ0v) is 17.6. The van der Waals surface area contributed by atoms with Crippen LogP contribution in [0.15, 0.2) is 18.6 Å². The Morgan fingerprint density at radius 2 is 1.84 bits per heavy atom. The second-order valence-corrected chi connectivity index (χ2v) is 9.22. The summed E-state index contributed by atoms with van der Waals surface area (Å²) in [5.74, 6) is -2.82. The standard InChI is InChI=1S/C18H25N2O4.C2HF3O2.CH4/c1-17(2)12-9-21-14-13(22-16-15(14)23-18(3,4)24-16)11(12)7-10-8-19-5-6-20(10)17;3-2(4,5)1(6)7;/h5-6,8,11-16H,7,9H2,1-4H3;(H,6,7);1H4/q+1;;/p-1/t11-,12+,13+,14-,15+,16+;;/m0../s1. The van der Waals surface area contributed by atoms with Crippen LogP contribution in [0.2, 0.25) is 0 Å². The topological polar surface area (TPSA) is 93.8 Å². The highest BCUT2D eigenvalue weighted by Crippen LogP contribution is 2.48. The van der Waals surface area contributed by atoms with Crippen LogP contribution in [0, 0.1) is 11.8 Å². The van der Waals surface area contributed by atoms with Crippen molar-refractivity contribution in [2.45, 2.75) is 83.6 Å². The second kappa shape index (κ2) is 8.19. The monoisotopic (exact) mass is 462 g/mol. The SMILES string of the molecule is C.CC1(C)O[C@H]2O[C@@H]3[C@H]4Cc5cncc[n+]5C(C)(C)[C@@H]4CO[C@@H]3[C@H]2O1.O=C([O-])C(F)(F)F. The highest BCUT2D eigenvalue weighted by molar-refractivity contribution is 5.70. The predicted molar refractivity (Wildman–Crippen MR) is 101 cm³/mol. The average Bonchev–Trinajstić information content (AvgIpc) is 3.13. The van der Waals surface area contributed by atoms with Crippen LogP contribution in [0.1, 0.15) is 40.8 Å². The van der Waals surface area contributed by atoms with Crippen molar-refractivity contribution in [2.75, 3.05) is 6.61 Å². The first kappa shape index (κ1) is 24.8. The molecule has 0 spiro atoms. The van der Waals surface area contributed by atoms with Crippen molar-refractivity contribution in [2.24, 2.45) is 11.8 Å². The molecule has 8 nitrogen and oxygen atoms in total. The van der Waals surface area contributed by atoms with E-state index in [0.717, 1.165) is 13.0 Å². The zero-order valence-electron chi connectivity index (χ0n) is 17.6. The molecule has 180 valence electrons. The van der Waals surface area contributed by atoms with Gasteiger partial charge in [0.1, 0.15) is 18.2 Å². The number of carboxylic acid groups (broad SMARTS) is 1. The summed E-state index contributed by atoms with van der Waals surface area (Å²) in [7, 11) is 0. The smallest absolute Gasteiger partial charge is 0.430 e. The maximum Gasteiger partial charge on any atom is 0.430 e. The Bertz CT molecular complexity index is 862. The number of aromatic nitrogens is 2. The van der Waals surface area contributed by atoms with Crippen LogP contribution >= 0.6 is 0 Å². The summed E-state index contributed by atoms with van der Waals surface area (Å²) in [5.41, 5.74) is 1.22. The largest absolute Gasteiger partial charge is 0.542 e. The number of alkyl halides is 3. The Kier molecular flexibility index (Phi) is 6.35. The summed E-state index contributed by atoms with van der Waals surface area (Å²) in [6.07, 6.45) is 1.20. The molecule has 0 bridgehead atoms. The minimum absolute atomic E-state index is 0. The summed E-state index contributed by atoms with van der Waals surface area (Å²) < 4.78 is 58.4. The van der Waals surface area contributed by atoms with Crippen molar-refractivity contribution in [3.05, 3.63) is 24.3 Å². The summed E-state index contributed by atoms with van der Waals surface area (Å²) >= 11 is 0. The van der Waals surface area contributed by atoms with Crippen LogP contribution in [-0.4, -0.2) is 54.1 Å². The van der Waals surface area contributed by atoms with E-state index in [1.54, 1.807) is 0 Å². The fourth-order valence-corrected chi connectivity index (χ4v) is 5.12. The first-order chi connectivity index (χ1) is 14.3. The van der Waals surface area contributed by atoms with E-state index in [0.29, 0.717) is 11.8 Å². The number of carboxylic acids is 1. The number of fused-ring (bicyclic) bond motifs is 6. The summed E-state index contributed by atoms with van der Waals surface area (Å²) in [4.78, 5) is 13.1. The second-order valence-electron chi connectivity index (χ2n) is 9.22. The molecule has 6 atom stereocenters. The van der Waals surface area contributed by atoms with Crippen molar-refractivity contribution in [1.82, 2.24) is 4.98 Å². The van der Waals surface area contributed by atoms with Gasteiger partial charge in [-0.3, -0.25) is 4.98 Å². The molecule has 1 aromatic heterocycles. The number of carbonyl (C=O) groups excluding carboxylic acids is 1. The lowest BCUT2D eigenvalue weighted by Crippen LogP contribution is -2.68. The molecule has 11 heteroatoms. The lowest BCUT2D eigenvalue weighted by Gasteiger charge is -2.46. The van der Waals surface area contributed by atoms with Crippen LogP contribution in [0.4, 0.5) is 13.2 Å². The van der Waals surface area contributed by atoms with Gasteiger partial charge in [0.15, 0.2) is 23.8 Å². The summed E-state index contributed by atoms with van der Waals surface area (Å²) in [5, 5.41) is 8.78. The van der Waals surface area contributed by atoms with Crippen molar-refractivity contribution in [3.8, 4) is 0 Å². The van der Waals surface area contributed by atoms with E-state index < -0.39 is 17.9 Å². The minimum atomic E-state index is -5.19. The molecule has 5 heterocycles. The maximum absolute atomic E-state index is 10.5. The Labute approximate surface area is 184 Å². The van der Waals surface area contributed by atoms with Crippen LogP contribution in [0.5, 0.6) is 0 Å². The zero-order chi connectivity index (χ0) is 22.8.